The Labute approximate surface area is 165 Å². The maximum atomic E-state index is 12.5. The number of rotatable bonds is 5. The van der Waals surface area contributed by atoms with Gasteiger partial charge in [-0.3, -0.25) is 19.3 Å². The van der Waals surface area contributed by atoms with E-state index in [1.165, 1.54) is 0 Å². The number of hydrogen-bond donors (Lipinski definition) is 1. The Balaban J connectivity index is 1.34. The SMILES string of the molecule is O=C(NCCN1C(=O)S/C(=C\c2ccccc2)C1=O)c1ccc2c(c1)OCO2. The second-order valence-electron chi connectivity index (χ2n) is 6.07. The molecule has 2 aromatic carbocycles. The van der Waals surface area contributed by atoms with Gasteiger partial charge in [0.2, 0.25) is 6.79 Å². The monoisotopic (exact) mass is 396 g/mol. The molecule has 2 aliphatic rings. The summed E-state index contributed by atoms with van der Waals surface area (Å²) in [7, 11) is 0. The summed E-state index contributed by atoms with van der Waals surface area (Å²) in [6.07, 6.45) is 1.69. The zero-order valence-electron chi connectivity index (χ0n) is 14.7. The van der Waals surface area contributed by atoms with E-state index in [9.17, 15) is 14.4 Å². The molecule has 7 nitrogen and oxygen atoms in total. The van der Waals surface area contributed by atoms with Crippen LogP contribution < -0.4 is 14.8 Å². The van der Waals surface area contributed by atoms with Crippen LogP contribution in [0, 0.1) is 0 Å². The first kappa shape index (κ1) is 18.1. The number of imide groups is 1. The van der Waals surface area contributed by atoms with Crippen molar-refractivity contribution >= 4 is 34.9 Å². The predicted molar refractivity (Wildman–Crippen MR) is 104 cm³/mol. The molecular weight excluding hydrogens is 380 g/mol. The lowest BCUT2D eigenvalue weighted by Gasteiger charge is -2.13. The largest absolute Gasteiger partial charge is 0.454 e. The molecule has 1 N–H and O–H groups in total. The molecular formula is C20H16N2O5S. The Hall–Kier alpha value is -3.26. The molecule has 0 aromatic heterocycles. The summed E-state index contributed by atoms with van der Waals surface area (Å²) in [6.45, 7) is 0.396. The molecule has 1 saturated heterocycles. The fourth-order valence-electron chi connectivity index (χ4n) is 2.81. The van der Waals surface area contributed by atoms with Crippen molar-refractivity contribution in [2.24, 2.45) is 0 Å². The highest BCUT2D eigenvalue weighted by molar-refractivity contribution is 8.18. The van der Waals surface area contributed by atoms with Gasteiger partial charge < -0.3 is 14.8 Å². The number of thioether (sulfide) groups is 1. The second-order valence-corrected chi connectivity index (χ2v) is 7.06. The van der Waals surface area contributed by atoms with Gasteiger partial charge in [-0.25, -0.2) is 0 Å². The van der Waals surface area contributed by atoms with Crippen molar-refractivity contribution in [2.45, 2.75) is 0 Å². The molecule has 2 aromatic rings. The topological polar surface area (TPSA) is 84.9 Å². The Morgan fingerprint density at radius 3 is 2.71 bits per heavy atom. The van der Waals surface area contributed by atoms with Crippen LogP contribution in [0.1, 0.15) is 15.9 Å². The summed E-state index contributed by atoms with van der Waals surface area (Å²) in [6, 6.07) is 14.2. The van der Waals surface area contributed by atoms with Crippen LogP contribution in [0.15, 0.2) is 53.4 Å². The number of amides is 3. The van der Waals surface area contributed by atoms with Crippen molar-refractivity contribution in [3.63, 3.8) is 0 Å². The van der Waals surface area contributed by atoms with Gasteiger partial charge in [-0.15, -0.1) is 0 Å². The summed E-state index contributed by atoms with van der Waals surface area (Å²) in [5.74, 6) is 0.450. The number of fused-ring (bicyclic) bond motifs is 1. The Bertz CT molecular complexity index is 974. The Kier molecular flexibility index (Phi) is 5.03. The van der Waals surface area contributed by atoms with Crippen LogP contribution in [0.2, 0.25) is 0 Å². The van der Waals surface area contributed by atoms with Gasteiger partial charge in [0.05, 0.1) is 4.91 Å². The van der Waals surface area contributed by atoms with Crippen LogP contribution in [-0.2, 0) is 4.79 Å². The minimum atomic E-state index is -0.351. The molecule has 0 spiro atoms. The fourth-order valence-corrected chi connectivity index (χ4v) is 3.68. The highest BCUT2D eigenvalue weighted by atomic mass is 32.2. The lowest BCUT2D eigenvalue weighted by atomic mass is 10.2. The van der Waals surface area contributed by atoms with Crippen LogP contribution in [0.25, 0.3) is 6.08 Å². The van der Waals surface area contributed by atoms with Gasteiger partial charge in [-0.1, -0.05) is 30.3 Å². The summed E-state index contributed by atoms with van der Waals surface area (Å²) >= 11 is 0.901. The molecule has 0 saturated carbocycles. The highest BCUT2D eigenvalue weighted by Crippen LogP contribution is 2.33. The van der Waals surface area contributed by atoms with Gasteiger partial charge >= 0.3 is 0 Å². The lowest BCUT2D eigenvalue weighted by molar-refractivity contribution is -0.122. The Morgan fingerprint density at radius 1 is 1.11 bits per heavy atom. The van der Waals surface area contributed by atoms with E-state index < -0.39 is 0 Å². The molecule has 8 heteroatoms. The van der Waals surface area contributed by atoms with E-state index in [0.29, 0.717) is 22.0 Å². The van der Waals surface area contributed by atoms with Crippen molar-refractivity contribution in [3.8, 4) is 11.5 Å². The quantitative estimate of drug-likeness (QED) is 0.783. The van der Waals surface area contributed by atoms with Gasteiger partial charge in [0.15, 0.2) is 11.5 Å². The van der Waals surface area contributed by atoms with Crippen LogP contribution >= 0.6 is 11.8 Å². The molecule has 1 fully saturated rings. The predicted octanol–water partition coefficient (Wildman–Crippen LogP) is 2.88. The standard InChI is InChI=1S/C20H16N2O5S/c23-18(14-6-7-15-16(11-14)27-12-26-15)21-8-9-22-19(24)17(28-20(22)25)10-13-4-2-1-3-5-13/h1-7,10-11H,8-9,12H2,(H,21,23)/b17-10-. The van der Waals surface area contributed by atoms with Gasteiger partial charge in [-0.2, -0.15) is 0 Å². The molecule has 142 valence electrons. The van der Waals surface area contributed by atoms with Crippen molar-refractivity contribution in [2.75, 3.05) is 19.9 Å². The third-order valence-corrected chi connectivity index (χ3v) is 5.13. The van der Waals surface area contributed by atoms with E-state index in [-0.39, 0.29) is 36.9 Å². The Morgan fingerprint density at radius 2 is 1.89 bits per heavy atom. The summed E-state index contributed by atoms with van der Waals surface area (Å²) in [5.41, 5.74) is 1.27. The van der Waals surface area contributed by atoms with Crippen molar-refractivity contribution in [1.29, 1.82) is 0 Å². The van der Waals surface area contributed by atoms with Crippen molar-refractivity contribution in [1.82, 2.24) is 10.2 Å². The zero-order valence-corrected chi connectivity index (χ0v) is 15.5. The van der Waals surface area contributed by atoms with E-state index in [1.807, 2.05) is 30.3 Å². The summed E-state index contributed by atoms with van der Waals surface area (Å²) < 4.78 is 10.5. The minimum Gasteiger partial charge on any atom is -0.454 e. The van der Waals surface area contributed by atoms with Crippen LogP contribution in [0.5, 0.6) is 11.5 Å². The van der Waals surface area contributed by atoms with Gasteiger partial charge in [0.1, 0.15) is 0 Å². The third-order valence-electron chi connectivity index (χ3n) is 4.23. The second kappa shape index (κ2) is 7.77. The molecule has 0 aliphatic carbocycles. The number of ether oxygens (including phenoxy) is 2. The van der Waals surface area contributed by atoms with E-state index in [1.54, 1.807) is 24.3 Å². The maximum Gasteiger partial charge on any atom is 0.293 e. The molecule has 4 rings (SSSR count). The molecule has 0 bridgehead atoms. The highest BCUT2D eigenvalue weighted by Gasteiger charge is 2.34. The first-order chi connectivity index (χ1) is 13.6. The number of benzene rings is 2. The third kappa shape index (κ3) is 3.72. The fraction of sp³-hybridized carbons (Fsp3) is 0.150. The van der Waals surface area contributed by atoms with Gasteiger partial charge in [-0.05, 0) is 41.6 Å². The average molecular weight is 396 g/mol. The number of hydrogen-bond acceptors (Lipinski definition) is 6. The summed E-state index contributed by atoms with van der Waals surface area (Å²) in [5, 5.41) is 2.37. The molecule has 0 atom stereocenters. The normalized spacial score (nSPS) is 16.7. The number of carbonyl (C=O) groups is 3. The van der Waals surface area contributed by atoms with E-state index >= 15 is 0 Å². The van der Waals surface area contributed by atoms with E-state index in [4.69, 9.17) is 9.47 Å². The molecule has 0 radical (unpaired) electrons. The van der Waals surface area contributed by atoms with Crippen LogP contribution in [-0.4, -0.2) is 41.8 Å². The lowest BCUT2D eigenvalue weighted by Crippen LogP contribution is -2.37. The van der Waals surface area contributed by atoms with Crippen LogP contribution in [0.4, 0.5) is 4.79 Å². The average Bonchev–Trinajstić information content (AvgIpc) is 3.28. The first-order valence-corrected chi connectivity index (χ1v) is 9.42. The number of nitrogens with one attached hydrogen (secondary N) is 1. The first-order valence-electron chi connectivity index (χ1n) is 8.60. The smallest absolute Gasteiger partial charge is 0.293 e. The molecule has 2 heterocycles. The summed E-state index contributed by atoms with van der Waals surface area (Å²) in [4.78, 5) is 38.4. The van der Waals surface area contributed by atoms with E-state index in [0.717, 1.165) is 22.2 Å². The van der Waals surface area contributed by atoms with E-state index in [2.05, 4.69) is 5.32 Å². The molecule has 2 aliphatic heterocycles. The maximum absolute atomic E-state index is 12.5. The van der Waals surface area contributed by atoms with Gasteiger partial charge in [0, 0.05) is 18.7 Å². The minimum absolute atomic E-state index is 0.104. The van der Waals surface area contributed by atoms with Crippen molar-refractivity contribution in [3.05, 3.63) is 64.6 Å². The van der Waals surface area contributed by atoms with Gasteiger partial charge in [0.25, 0.3) is 17.1 Å². The molecule has 28 heavy (non-hydrogen) atoms. The zero-order chi connectivity index (χ0) is 19.5. The number of carbonyl (C=O) groups excluding carboxylic acids is 3. The van der Waals surface area contributed by atoms with Crippen molar-refractivity contribution < 1.29 is 23.9 Å². The molecule has 0 unspecified atom stereocenters. The number of nitrogens with zero attached hydrogens (tertiary/aromatic N) is 1. The molecule has 3 amide bonds. The van der Waals surface area contributed by atoms with Crippen LogP contribution in [0.3, 0.4) is 0 Å².